The first-order chi connectivity index (χ1) is 10.3. The molecule has 1 aromatic carbocycles. The molecular formula is C17H16N4. The van der Waals surface area contributed by atoms with E-state index in [1.165, 1.54) is 11.1 Å². The molecule has 0 fully saturated rings. The predicted molar refractivity (Wildman–Crippen MR) is 84.4 cm³/mol. The van der Waals surface area contributed by atoms with E-state index >= 15 is 0 Å². The smallest absolute Gasteiger partial charge is 0.154 e. The van der Waals surface area contributed by atoms with Crippen LogP contribution in [0.4, 0.5) is 0 Å². The van der Waals surface area contributed by atoms with E-state index in [9.17, 15) is 0 Å². The van der Waals surface area contributed by atoms with E-state index in [0.29, 0.717) is 0 Å². The lowest BCUT2D eigenvalue weighted by atomic mass is 10.1. The zero-order valence-electron chi connectivity index (χ0n) is 12.1. The standard InChI is InChI=1S/C17H16N4/c1-3-16-18-9-13-10-19-17-15(21(13)16)8-14(20-17)12-6-4-11(2)5-7-12/h4-10,20H,3H2,1-2H3. The van der Waals surface area contributed by atoms with Crippen molar-refractivity contribution >= 4 is 16.7 Å². The Morgan fingerprint density at radius 1 is 1.10 bits per heavy atom. The summed E-state index contributed by atoms with van der Waals surface area (Å²) < 4.78 is 2.18. The van der Waals surface area contributed by atoms with Crippen molar-refractivity contribution in [1.82, 2.24) is 19.4 Å². The van der Waals surface area contributed by atoms with E-state index in [1.807, 2.05) is 12.4 Å². The monoisotopic (exact) mass is 276 g/mol. The Morgan fingerprint density at radius 3 is 2.62 bits per heavy atom. The summed E-state index contributed by atoms with van der Waals surface area (Å²) in [6, 6.07) is 10.7. The fourth-order valence-electron chi connectivity index (χ4n) is 2.74. The summed E-state index contributed by atoms with van der Waals surface area (Å²) >= 11 is 0. The Morgan fingerprint density at radius 2 is 1.86 bits per heavy atom. The van der Waals surface area contributed by atoms with Crippen LogP contribution in [0.25, 0.3) is 27.9 Å². The lowest BCUT2D eigenvalue weighted by Crippen LogP contribution is -1.94. The molecule has 0 aliphatic carbocycles. The van der Waals surface area contributed by atoms with Crippen LogP contribution in [-0.4, -0.2) is 19.4 Å². The van der Waals surface area contributed by atoms with Crippen molar-refractivity contribution in [1.29, 1.82) is 0 Å². The zero-order chi connectivity index (χ0) is 14.4. The molecule has 3 heterocycles. The van der Waals surface area contributed by atoms with Crippen LogP contribution < -0.4 is 0 Å². The largest absolute Gasteiger partial charge is 0.338 e. The summed E-state index contributed by atoms with van der Waals surface area (Å²) in [4.78, 5) is 12.4. The van der Waals surface area contributed by atoms with E-state index in [1.54, 1.807) is 0 Å². The highest BCUT2D eigenvalue weighted by Crippen LogP contribution is 2.25. The maximum Gasteiger partial charge on any atom is 0.154 e. The molecule has 3 aromatic heterocycles. The average molecular weight is 276 g/mol. The quantitative estimate of drug-likeness (QED) is 0.606. The molecule has 0 amide bonds. The molecule has 0 radical (unpaired) electrons. The lowest BCUT2D eigenvalue weighted by Gasteiger charge is -1.99. The van der Waals surface area contributed by atoms with Gasteiger partial charge in [0, 0.05) is 12.1 Å². The van der Waals surface area contributed by atoms with E-state index in [-0.39, 0.29) is 0 Å². The van der Waals surface area contributed by atoms with Crippen LogP contribution >= 0.6 is 0 Å². The minimum absolute atomic E-state index is 0.894. The molecule has 21 heavy (non-hydrogen) atoms. The van der Waals surface area contributed by atoms with Crippen molar-refractivity contribution in [3.05, 3.63) is 54.1 Å². The van der Waals surface area contributed by atoms with Gasteiger partial charge in [0.25, 0.3) is 0 Å². The summed E-state index contributed by atoms with van der Waals surface area (Å²) in [7, 11) is 0. The van der Waals surface area contributed by atoms with Gasteiger partial charge in [-0.1, -0.05) is 36.8 Å². The first-order valence-corrected chi connectivity index (χ1v) is 7.17. The fraction of sp³-hybridized carbons (Fsp3) is 0.176. The Bertz CT molecular complexity index is 929. The van der Waals surface area contributed by atoms with Crippen LogP contribution in [0.1, 0.15) is 18.3 Å². The van der Waals surface area contributed by atoms with Gasteiger partial charge in [0.2, 0.25) is 0 Å². The topological polar surface area (TPSA) is 46.0 Å². The molecule has 0 atom stereocenters. The van der Waals surface area contributed by atoms with Gasteiger partial charge in [-0.2, -0.15) is 0 Å². The van der Waals surface area contributed by atoms with Gasteiger partial charge in [-0.15, -0.1) is 0 Å². The number of rotatable bonds is 2. The molecule has 4 aromatic rings. The molecule has 4 nitrogen and oxygen atoms in total. The molecule has 1 N–H and O–H groups in total. The maximum absolute atomic E-state index is 4.50. The van der Waals surface area contributed by atoms with E-state index in [4.69, 9.17) is 0 Å². The summed E-state index contributed by atoms with van der Waals surface area (Å²) in [6.45, 7) is 4.22. The number of imidazole rings is 1. The van der Waals surface area contributed by atoms with Crippen LogP contribution in [0, 0.1) is 6.92 Å². The molecule has 4 heteroatoms. The predicted octanol–water partition coefficient (Wildman–Crippen LogP) is 3.75. The van der Waals surface area contributed by atoms with Crippen molar-refractivity contribution in [2.24, 2.45) is 0 Å². The van der Waals surface area contributed by atoms with Crippen LogP contribution in [-0.2, 0) is 6.42 Å². The zero-order valence-corrected chi connectivity index (χ0v) is 12.1. The number of aromatic amines is 1. The number of nitrogens with zero attached hydrogens (tertiary/aromatic N) is 3. The highest BCUT2D eigenvalue weighted by molar-refractivity contribution is 5.82. The third-order valence-corrected chi connectivity index (χ3v) is 3.88. The van der Waals surface area contributed by atoms with Crippen LogP contribution in [0.5, 0.6) is 0 Å². The molecule has 0 bridgehead atoms. The van der Waals surface area contributed by atoms with Crippen molar-refractivity contribution in [3.63, 3.8) is 0 Å². The third-order valence-electron chi connectivity index (χ3n) is 3.88. The summed E-state index contributed by atoms with van der Waals surface area (Å²) in [6.07, 6.45) is 4.64. The number of H-pyrrole nitrogens is 1. The first-order valence-electron chi connectivity index (χ1n) is 7.17. The highest BCUT2D eigenvalue weighted by Gasteiger charge is 2.10. The van der Waals surface area contributed by atoms with Gasteiger partial charge in [-0.3, -0.25) is 4.40 Å². The van der Waals surface area contributed by atoms with Crippen molar-refractivity contribution in [2.45, 2.75) is 20.3 Å². The average Bonchev–Trinajstić information content (AvgIpc) is 3.10. The van der Waals surface area contributed by atoms with Gasteiger partial charge in [0.05, 0.1) is 23.4 Å². The first kappa shape index (κ1) is 12.1. The van der Waals surface area contributed by atoms with Crippen LogP contribution in [0.15, 0.2) is 42.7 Å². The summed E-state index contributed by atoms with van der Waals surface area (Å²) in [5, 5.41) is 0. The van der Waals surface area contributed by atoms with Crippen LogP contribution in [0.3, 0.4) is 0 Å². The van der Waals surface area contributed by atoms with Crippen molar-refractivity contribution in [2.75, 3.05) is 0 Å². The number of benzene rings is 1. The fourth-order valence-corrected chi connectivity index (χ4v) is 2.74. The number of aromatic nitrogens is 4. The van der Waals surface area contributed by atoms with Gasteiger partial charge in [0.15, 0.2) is 5.65 Å². The molecule has 0 aliphatic heterocycles. The molecule has 0 unspecified atom stereocenters. The van der Waals surface area contributed by atoms with Gasteiger partial charge in [-0.05, 0) is 18.6 Å². The Hall–Kier alpha value is -2.62. The van der Waals surface area contributed by atoms with Gasteiger partial charge in [-0.25, -0.2) is 9.97 Å². The SMILES string of the molecule is CCc1ncc2cnc3[nH]c(-c4ccc(C)cc4)cc3n12. The minimum atomic E-state index is 0.894. The highest BCUT2D eigenvalue weighted by atomic mass is 15.1. The summed E-state index contributed by atoms with van der Waals surface area (Å²) in [5.41, 5.74) is 6.53. The second kappa shape index (κ2) is 4.45. The maximum atomic E-state index is 4.50. The van der Waals surface area contributed by atoms with Gasteiger partial charge in [0.1, 0.15) is 5.82 Å². The van der Waals surface area contributed by atoms with Crippen LogP contribution in [0.2, 0.25) is 0 Å². The minimum Gasteiger partial charge on any atom is -0.338 e. The lowest BCUT2D eigenvalue weighted by molar-refractivity contribution is 0.951. The number of nitrogens with one attached hydrogen (secondary N) is 1. The second-order valence-corrected chi connectivity index (χ2v) is 5.33. The number of fused-ring (bicyclic) bond motifs is 3. The molecule has 0 aliphatic rings. The summed E-state index contributed by atoms with van der Waals surface area (Å²) in [5.74, 6) is 1.06. The molecule has 0 spiro atoms. The van der Waals surface area contributed by atoms with E-state index < -0.39 is 0 Å². The van der Waals surface area contributed by atoms with E-state index in [2.05, 4.69) is 63.5 Å². The van der Waals surface area contributed by atoms with Crippen molar-refractivity contribution in [3.8, 4) is 11.3 Å². The second-order valence-electron chi connectivity index (χ2n) is 5.33. The Balaban J connectivity index is 1.99. The van der Waals surface area contributed by atoms with Gasteiger partial charge < -0.3 is 4.98 Å². The Kier molecular flexibility index (Phi) is 2.57. The third kappa shape index (κ3) is 1.83. The molecular weight excluding hydrogens is 260 g/mol. The van der Waals surface area contributed by atoms with Crippen molar-refractivity contribution < 1.29 is 0 Å². The molecule has 4 rings (SSSR count). The molecule has 0 saturated carbocycles. The number of aryl methyl sites for hydroxylation is 2. The number of hydrogen-bond acceptors (Lipinski definition) is 2. The molecule has 0 saturated heterocycles. The molecule has 104 valence electrons. The van der Waals surface area contributed by atoms with E-state index in [0.717, 1.165) is 34.6 Å². The van der Waals surface area contributed by atoms with Gasteiger partial charge >= 0.3 is 0 Å². The Labute approximate surface area is 122 Å². The normalized spacial score (nSPS) is 11.5. The number of hydrogen-bond donors (Lipinski definition) is 1.